The minimum atomic E-state index is -4.42. The molecule has 1 N–H and O–H groups in total. The van der Waals surface area contributed by atoms with Crippen molar-refractivity contribution in [2.75, 3.05) is 13.2 Å². The maximum Gasteiger partial charge on any atom is 0.452 e. The standard InChI is InChI=1S/C88H87N3O6P2/c1-85(2,3)63-41-33-55(34-42-63)71-51-59-23-13-17-27-67(59)77-78-68-28-18-14-24-60(68)52-72(56-35-43-64(44-36-56)86(4,5)6)82(78)95-98(94-81(71)77,89-75-31-21-49-92-75)91-99(90-76-32-22-50-93-76)96-83-73(57-37-45-65(46-38-57)87(7,8)9)53-61-25-15-19-29-69(61)79(83)80-70-30-20-16-26-62(70)54-74(84(80)97-99)58-39-47-66(48-40-58)88(10,11)12/h13-20,23-30,33-48,51-54,75-76,89H,21-22,31-32,49-50H2,1-12H3. The molecular weight excluding hydrogens is 1260 g/mol. The van der Waals surface area contributed by atoms with Crippen molar-refractivity contribution in [1.82, 2.24) is 5.09 Å². The van der Waals surface area contributed by atoms with Gasteiger partial charge in [0, 0.05) is 57.7 Å². The highest BCUT2D eigenvalue weighted by Gasteiger charge is 2.47. The Labute approximate surface area is 583 Å². The van der Waals surface area contributed by atoms with Gasteiger partial charge in [-0.05, 0) is 159 Å². The lowest BCUT2D eigenvalue weighted by Crippen LogP contribution is -2.30. The van der Waals surface area contributed by atoms with Gasteiger partial charge in [0.25, 0.3) is 0 Å². The zero-order chi connectivity index (χ0) is 68.4. The van der Waals surface area contributed by atoms with E-state index in [4.69, 9.17) is 36.8 Å². The SMILES string of the molecule is CC(C)(C)c1ccc(-c2cc3ccccc3c3c2OP(=NC2CCCO2)(N=P2(NC4CCCO4)Oc4c(-c5ccc(C(C)(C)C)cc5)cc5ccccc5c4-c4c(c(-c5ccc(C(C)(C)C)cc5)cc5ccccc45)O2)Oc2c(-c4ccc(C(C)(C)C)cc4)cc4ccccc4c2-3)cc1. The molecule has 0 aromatic heterocycles. The molecule has 11 heteroatoms. The third kappa shape index (κ3) is 12.1. The summed E-state index contributed by atoms with van der Waals surface area (Å²) in [5.74, 6) is 2.38. The second kappa shape index (κ2) is 24.5. The lowest BCUT2D eigenvalue weighted by Gasteiger charge is -2.31. The number of nitrogens with one attached hydrogen (secondary N) is 1. The molecule has 0 bridgehead atoms. The van der Waals surface area contributed by atoms with E-state index in [0.29, 0.717) is 49.1 Å². The monoisotopic (exact) mass is 1340 g/mol. The molecule has 9 nitrogen and oxygen atoms in total. The van der Waals surface area contributed by atoms with E-state index in [1.54, 1.807) is 0 Å². The largest absolute Gasteiger partial charge is 0.452 e. The molecule has 12 aromatic carbocycles. The second-order valence-electron chi connectivity index (χ2n) is 31.4. The summed E-state index contributed by atoms with van der Waals surface area (Å²) in [6, 6.07) is 79.7. The van der Waals surface area contributed by atoms with Crippen molar-refractivity contribution in [3.63, 3.8) is 0 Å². The predicted octanol–water partition coefficient (Wildman–Crippen LogP) is 25.5. The van der Waals surface area contributed by atoms with E-state index in [1.165, 1.54) is 22.3 Å². The fraction of sp³-hybridized carbons (Fsp3) is 0.273. The number of rotatable bonds is 8. The lowest BCUT2D eigenvalue weighted by atomic mass is 9.84. The van der Waals surface area contributed by atoms with Crippen LogP contribution in [0.1, 0.15) is 131 Å². The zero-order valence-electron chi connectivity index (χ0n) is 58.9. The number of hydrogen-bond acceptors (Lipinski definition) is 7. The Kier molecular flexibility index (Phi) is 16.1. The summed E-state index contributed by atoms with van der Waals surface area (Å²) in [5.41, 5.74) is 15.4. The van der Waals surface area contributed by atoms with Gasteiger partial charge in [0.1, 0.15) is 29.2 Å². The summed E-state index contributed by atoms with van der Waals surface area (Å²) in [5, 5.41) is 12.2. The second-order valence-corrected chi connectivity index (χ2v) is 35.3. The Hall–Kier alpha value is -8.78. The highest BCUT2D eigenvalue weighted by Crippen LogP contribution is 2.73. The van der Waals surface area contributed by atoms with Crippen LogP contribution in [0.2, 0.25) is 0 Å². The van der Waals surface area contributed by atoms with Gasteiger partial charge in [-0.25, -0.2) is 0 Å². The van der Waals surface area contributed by atoms with Crippen LogP contribution >= 0.6 is 15.3 Å². The van der Waals surface area contributed by atoms with Crippen molar-refractivity contribution >= 4 is 58.4 Å². The molecule has 12 aromatic rings. The topological polar surface area (TPSA) is 92.1 Å². The summed E-state index contributed by atoms with van der Waals surface area (Å²) in [6.45, 7) is 28.1. The van der Waals surface area contributed by atoms with Crippen LogP contribution in [0, 0.1) is 0 Å². The number of benzene rings is 12. The zero-order valence-corrected chi connectivity index (χ0v) is 60.7. The van der Waals surface area contributed by atoms with Gasteiger partial charge in [0.15, 0.2) is 6.23 Å². The van der Waals surface area contributed by atoms with Crippen LogP contribution in [-0.2, 0) is 31.1 Å². The van der Waals surface area contributed by atoms with Crippen molar-refractivity contribution in [1.29, 1.82) is 0 Å². The van der Waals surface area contributed by atoms with Gasteiger partial charge < -0.3 is 27.6 Å². The van der Waals surface area contributed by atoms with Crippen LogP contribution in [0.15, 0.2) is 228 Å². The Balaban J connectivity index is 1.09. The predicted molar refractivity (Wildman–Crippen MR) is 413 cm³/mol. The van der Waals surface area contributed by atoms with Crippen LogP contribution in [0.5, 0.6) is 23.0 Å². The molecule has 0 aliphatic carbocycles. The highest BCUT2D eigenvalue weighted by atomic mass is 31.2. The fourth-order valence-electron chi connectivity index (χ4n) is 14.7. The summed E-state index contributed by atoms with van der Waals surface area (Å²) in [4.78, 5) is 0. The van der Waals surface area contributed by atoms with Crippen LogP contribution in [0.25, 0.3) is 110 Å². The summed E-state index contributed by atoms with van der Waals surface area (Å²) >= 11 is 0. The van der Waals surface area contributed by atoms with Gasteiger partial charge in [0.05, 0.1) is 0 Å². The molecule has 2 fully saturated rings. The Morgan fingerprint density at radius 3 is 0.919 bits per heavy atom. The lowest BCUT2D eigenvalue weighted by molar-refractivity contribution is 0.0994. The van der Waals surface area contributed by atoms with E-state index in [0.717, 1.165) is 123 Å². The van der Waals surface area contributed by atoms with Crippen molar-refractivity contribution in [3.05, 3.63) is 241 Å². The van der Waals surface area contributed by atoms with Crippen LogP contribution in [-0.4, -0.2) is 25.7 Å². The summed E-state index contributed by atoms with van der Waals surface area (Å²) in [6.07, 6.45) is 1.59. The molecule has 16 rings (SSSR count). The van der Waals surface area contributed by atoms with E-state index in [9.17, 15) is 0 Å². The van der Waals surface area contributed by atoms with E-state index in [1.807, 2.05) is 0 Å². The smallest absolute Gasteiger partial charge is 0.417 e. The van der Waals surface area contributed by atoms with Gasteiger partial charge in [0.2, 0.25) is 0 Å². The number of ether oxygens (including phenoxy) is 2. The Morgan fingerprint density at radius 1 is 0.343 bits per heavy atom. The first-order valence-electron chi connectivity index (χ1n) is 35.2. The van der Waals surface area contributed by atoms with Crippen LogP contribution in [0.4, 0.5) is 0 Å². The Morgan fingerprint density at radius 2 is 0.636 bits per heavy atom. The molecule has 99 heavy (non-hydrogen) atoms. The molecule has 4 aliphatic heterocycles. The number of fused-ring (bicyclic) bond motifs is 14. The van der Waals surface area contributed by atoms with Gasteiger partial charge in [-0.1, -0.05) is 277 Å². The molecule has 2 unspecified atom stereocenters. The molecule has 0 radical (unpaired) electrons. The summed E-state index contributed by atoms with van der Waals surface area (Å²) < 4.78 is 59.8. The quantitative estimate of drug-likeness (QED) is 0.152. The van der Waals surface area contributed by atoms with Crippen molar-refractivity contribution < 1.29 is 27.6 Å². The third-order valence-corrected chi connectivity index (χ3v) is 25.0. The van der Waals surface area contributed by atoms with Gasteiger partial charge >= 0.3 is 15.3 Å². The Bertz CT molecular complexity index is 4990. The van der Waals surface area contributed by atoms with Crippen molar-refractivity contribution in [2.45, 2.75) is 143 Å². The van der Waals surface area contributed by atoms with E-state index in [2.05, 4.69) is 307 Å². The fourth-order valence-corrected chi connectivity index (χ4v) is 20.0. The maximum atomic E-state index is 8.45. The van der Waals surface area contributed by atoms with Gasteiger partial charge in [-0.2, -0.15) is 9.83 Å². The average Bonchev–Trinajstić information content (AvgIpc) is 1.63. The first kappa shape index (κ1) is 64.9. The molecule has 2 atom stereocenters. The minimum absolute atomic E-state index is 0.0994. The molecular formula is C88H87N3O6P2. The molecule has 0 spiro atoms. The van der Waals surface area contributed by atoms with Gasteiger partial charge in [-0.15, -0.1) is 4.52 Å². The normalized spacial score (nSPS) is 17.3. The van der Waals surface area contributed by atoms with Crippen LogP contribution < -0.4 is 23.2 Å². The van der Waals surface area contributed by atoms with E-state index >= 15 is 0 Å². The first-order chi connectivity index (χ1) is 47.5. The molecule has 500 valence electrons. The molecule has 2 saturated heterocycles. The molecule has 0 amide bonds. The summed E-state index contributed by atoms with van der Waals surface area (Å²) in [7, 11) is -8.74. The number of hydrogen-bond donors (Lipinski definition) is 1. The maximum absolute atomic E-state index is 8.45. The third-order valence-electron chi connectivity index (χ3n) is 20.3. The van der Waals surface area contributed by atoms with Gasteiger partial charge in [-0.3, -0.25) is 0 Å². The van der Waals surface area contributed by atoms with E-state index in [-0.39, 0.29) is 21.7 Å². The molecule has 4 heterocycles. The van der Waals surface area contributed by atoms with Crippen molar-refractivity contribution in [2.24, 2.45) is 9.26 Å². The van der Waals surface area contributed by atoms with Crippen LogP contribution in [0.3, 0.4) is 0 Å². The molecule has 4 aliphatic rings. The minimum Gasteiger partial charge on any atom is -0.417 e. The first-order valence-corrected chi connectivity index (χ1v) is 38.3. The van der Waals surface area contributed by atoms with E-state index < -0.39 is 27.8 Å². The van der Waals surface area contributed by atoms with Crippen molar-refractivity contribution in [3.8, 4) is 89.8 Å². The average molecular weight is 1340 g/mol. The number of nitrogens with zero attached hydrogens (tertiary/aromatic N) is 2. The molecule has 0 saturated carbocycles. The highest BCUT2D eigenvalue weighted by molar-refractivity contribution is 7.67.